The molecule has 6 heteroatoms. The largest absolute Gasteiger partial charge is 0.354 e. The molecule has 1 fully saturated rings. The maximum Gasteiger partial charge on any atom is 0.272 e. The summed E-state index contributed by atoms with van der Waals surface area (Å²) < 4.78 is 0. The Kier molecular flexibility index (Phi) is 3.88. The molecule has 0 unspecified atom stereocenters. The van der Waals surface area contributed by atoms with Crippen molar-refractivity contribution in [3.63, 3.8) is 0 Å². The Bertz CT molecular complexity index is 444. The van der Waals surface area contributed by atoms with Gasteiger partial charge in [-0.05, 0) is 18.1 Å². The Labute approximate surface area is 105 Å². The highest BCUT2D eigenvalue weighted by molar-refractivity contribution is 5.95. The Morgan fingerprint density at radius 1 is 1.50 bits per heavy atom. The van der Waals surface area contributed by atoms with Gasteiger partial charge in [-0.1, -0.05) is 6.07 Å². The Balaban J connectivity index is 2.11. The molecule has 96 valence electrons. The van der Waals surface area contributed by atoms with Crippen LogP contribution < -0.4 is 11.1 Å². The number of nitrogens with two attached hydrogens (primary N) is 1. The third-order valence-electron chi connectivity index (χ3n) is 2.83. The second kappa shape index (κ2) is 5.59. The zero-order valence-corrected chi connectivity index (χ0v) is 10.1. The molecule has 1 aliphatic heterocycles. The van der Waals surface area contributed by atoms with E-state index >= 15 is 0 Å². The van der Waals surface area contributed by atoms with E-state index in [0.29, 0.717) is 25.3 Å². The van der Waals surface area contributed by atoms with Gasteiger partial charge < -0.3 is 16.0 Å². The van der Waals surface area contributed by atoms with Crippen molar-refractivity contribution in [2.24, 2.45) is 5.73 Å². The molecule has 18 heavy (non-hydrogen) atoms. The van der Waals surface area contributed by atoms with Gasteiger partial charge in [0.2, 0.25) is 5.91 Å². The van der Waals surface area contributed by atoms with Crippen LogP contribution in [0.1, 0.15) is 22.5 Å². The minimum Gasteiger partial charge on any atom is -0.354 e. The number of amides is 2. The number of carbonyl (C=O) groups excluding carboxylic acids is 2. The number of pyridine rings is 1. The quantitative estimate of drug-likeness (QED) is 0.738. The third-order valence-corrected chi connectivity index (χ3v) is 2.83. The number of nitrogens with one attached hydrogen (secondary N) is 1. The number of rotatable bonds is 2. The number of hydrogen-bond acceptors (Lipinski definition) is 4. The molecule has 0 saturated carbocycles. The van der Waals surface area contributed by atoms with Crippen LogP contribution in [-0.2, 0) is 11.3 Å². The predicted molar refractivity (Wildman–Crippen MR) is 65.7 cm³/mol. The topological polar surface area (TPSA) is 88.3 Å². The summed E-state index contributed by atoms with van der Waals surface area (Å²) in [5.41, 5.74) is 6.69. The summed E-state index contributed by atoms with van der Waals surface area (Å²) in [5.74, 6) is -0.338. The molecule has 2 rings (SSSR count). The van der Waals surface area contributed by atoms with Crippen molar-refractivity contribution in [1.82, 2.24) is 15.2 Å². The maximum absolute atomic E-state index is 12.1. The molecule has 0 spiro atoms. The smallest absolute Gasteiger partial charge is 0.272 e. The van der Waals surface area contributed by atoms with Crippen LogP contribution in [-0.4, -0.2) is 41.3 Å². The average Bonchev–Trinajstić information content (AvgIpc) is 2.63. The van der Waals surface area contributed by atoms with Gasteiger partial charge in [-0.2, -0.15) is 0 Å². The van der Waals surface area contributed by atoms with Crippen LogP contribution in [0.3, 0.4) is 0 Å². The van der Waals surface area contributed by atoms with Crippen LogP contribution in [0, 0.1) is 0 Å². The lowest BCUT2D eigenvalue weighted by Crippen LogP contribution is -2.37. The van der Waals surface area contributed by atoms with Gasteiger partial charge in [-0.15, -0.1) is 0 Å². The summed E-state index contributed by atoms with van der Waals surface area (Å²) in [7, 11) is 0. The molecule has 6 nitrogen and oxygen atoms in total. The van der Waals surface area contributed by atoms with Gasteiger partial charge in [0.1, 0.15) is 5.69 Å². The van der Waals surface area contributed by atoms with Crippen molar-refractivity contribution in [3.05, 3.63) is 29.6 Å². The molecule has 0 aromatic carbocycles. The summed E-state index contributed by atoms with van der Waals surface area (Å²) in [4.78, 5) is 29.1. The standard InChI is InChI=1S/C12H16N4O2/c13-6-9-2-3-10(15-7-9)12(18)16-5-1-4-14-11(17)8-16/h2-3,7H,1,4-6,8,13H2,(H,14,17). The summed E-state index contributed by atoms with van der Waals surface area (Å²) in [5, 5.41) is 2.73. The monoisotopic (exact) mass is 248 g/mol. The van der Waals surface area contributed by atoms with Crippen LogP contribution in [0.2, 0.25) is 0 Å². The van der Waals surface area contributed by atoms with Gasteiger partial charge in [0.05, 0.1) is 6.54 Å². The maximum atomic E-state index is 12.1. The second-order valence-corrected chi connectivity index (χ2v) is 4.19. The van der Waals surface area contributed by atoms with Crippen LogP contribution in [0.25, 0.3) is 0 Å². The lowest BCUT2D eigenvalue weighted by molar-refractivity contribution is -0.121. The van der Waals surface area contributed by atoms with Gasteiger partial charge in [-0.3, -0.25) is 14.6 Å². The van der Waals surface area contributed by atoms with Crippen molar-refractivity contribution in [1.29, 1.82) is 0 Å². The lowest BCUT2D eigenvalue weighted by atomic mass is 10.2. The van der Waals surface area contributed by atoms with Crippen molar-refractivity contribution < 1.29 is 9.59 Å². The van der Waals surface area contributed by atoms with Crippen LogP contribution in [0.15, 0.2) is 18.3 Å². The zero-order valence-electron chi connectivity index (χ0n) is 10.1. The van der Waals surface area contributed by atoms with E-state index in [1.165, 1.54) is 4.90 Å². The van der Waals surface area contributed by atoms with E-state index in [0.717, 1.165) is 12.0 Å². The van der Waals surface area contributed by atoms with Crippen LogP contribution in [0.5, 0.6) is 0 Å². The minimum atomic E-state index is -0.212. The number of aromatic nitrogens is 1. The molecular formula is C12H16N4O2. The normalized spacial score (nSPS) is 16.1. The summed E-state index contributed by atoms with van der Waals surface area (Å²) in [6.45, 7) is 1.67. The predicted octanol–water partition coefficient (Wildman–Crippen LogP) is -0.498. The highest BCUT2D eigenvalue weighted by atomic mass is 16.2. The molecule has 2 amide bonds. The third kappa shape index (κ3) is 2.84. The number of hydrogen-bond donors (Lipinski definition) is 2. The van der Waals surface area contributed by atoms with Gasteiger partial charge in [-0.25, -0.2) is 0 Å². The molecular weight excluding hydrogens is 232 g/mol. The van der Waals surface area contributed by atoms with Crippen LogP contribution in [0.4, 0.5) is 0 Å². The summed E-state index contributed by atoms with van der Waals surface area (Å²) >= 11 is 0. The van der Waals surface area contributed by atoms with Crippen molar-refractivity contribution in [2.45, 2.75) is 13.0 Å². The molecule has 0 aliphatic carbocycles. The van der Waals surface area contributed by atoms with Crippen molar-refractivity contribution >= 4 is 11.8 Å². The average molecular weight is 248 g/mol. The molecule has 1 aromatic rings. The van der Waals surface area contributed by atoms with Gasteiger partial charge in [0.15, 0.2) is 0 Å². The molecule has 3 N–H and O–H groups in total. The van der Waals surface area contributed by atoms with Crippen molar-refractivity contribution in [2.75, 3.05) is 19.6 Å². The summed E-state index contributed by atoms with van der Waals surface area (Å²) in [6, 6.07) is 3.42. The second-order valence-electron chi connectivity index (χ2n) is 4.19. The lowest BCUT2D eigenvalue weighted by Gasteiger charge is -2.18. The molecule has 1 aromatic heterocycles. The fourth-order valence-corrected chi connectivity index (χ4v) is 1.81. The van der Waals surface area contributed by atoms with Crippen molar-refractivity contribution in [3.8, 4) is 0 Å². The molecule has 1 aliphatic rings. The first-order chi connectivity index (χ1) is 8.70. The molecule has 0 radical (unpaired) electrons. The first-order valence-corrected chi connectivity index (χ1v) is 5.91. The van der Waals surface area contributed by atoms with Gasteiger partial charge in [0.25, 0.3) is 5.91 Å². The van der Waals surface area contributed by atoms with E-state index in [4.69, 9.17) is 5.73 Å². The number of nitrogens with zero attached hydrogens (tertiary/aromatic N) is 2. The van der Waals surface area contributed by atoms with E-state index in [9.17, 15) is 9.59 Å². The van der Waals surface area contributed by atoms with Gasteiger partial charge >= 0.3 is 0 Å². The Hall–Kier alpha value is -1.95. The van der Waals surface area contributed by atoms with Crippen LogP contribution >= 0.6 is 0 Å². The first-order valence-electron chi connectivity index (χ1n) is 5.91. The fourth-order valence-electron chi connectivity index (χ4n) is 1.81. The SMILES string of the molecule is NCc1ccc(C(=O)N2CCCNC(=O)C2)nc1. The van der Waals surface area contributed by atoms with Gasteiger partial charge in [0, 0.05) is 25.8 Å². The van der Waals surface area contributed by atoms with E-state index in [1.54, 1.807) is 18.3 Å². The molecule has 0 bridgehead atoms. The minimum absolute atomic E-state index is 0.0964. The van der Waals surface area contributed by atoms with E-state index in [1.807, 2.05) is 0 Å². The highest BCUT2D eigenvalue weighted by Crippen LogP contribution is 2.06. The van der Waals surface area contributed by atoms with E-state index < -0.39 is 0 Å². The molecule has 2 heterocycles. The summed E-state index contributed by atoms with van der Waals surface area (Å²) in [6.07, 6.45) is 2.35. The number of carbonyl (C=O) groups is 2. The molecule has 1 saturated heterocycles. The van der Waals surface area contributed by atoms with E-state index in [2.05, 4.69) is 10.3 Å². The first kappa shape index (κ1) is 12.5. The molecule has 0 atom stereocenters. The highest BCUT2D eigenvalue weighted by Gasteiger charge is 2.21. The fraction of sp³-hybridized carbons (Fsp3) is 0.417. The Morgan fingerprint density at radius 2 is 2.33 bits per heavy atom. The van der Waals surface area contributed by atoms with E-state index in [-0.39, 0.29) is 18.4 Å². The Morgan fingerprint density at radius 3 is 3.00 bits per heavy atom. The zero-order chi connectivity index (χ0) is 13.0.